The Hall–Kier alpha value is -2.62. The highest BCUT2D eigenvalue weighted by atomic mass is 32.2. The molecule has 186 valence electrons. The molecule has 0 atom stereocenters. The largest absolute Gasteiger partial charge is 0.497 e. The topological polar surface area (TPSA) is 79.4 Å². The average Bonchev–Trinajstić information content (AvgIpc) is 2.82. The molecule has 34 heavy (non-hydrogen) atoms. The van der Waals surface area contributed by atoms with Crippen molar-refractivity contribution >= 4 is 15.7 Å². The summed E-state index contributed by atoms with van der Waals surface area (Å²) in [4.78, 5) is 19.2. The number of carbonyl (C=O) groups excluding carboxylic acids is 1. The van der Waals surface area contributed by atoms with Gasteiger partial charge in [0.15, 0.2) is 9.84 Å². The number of hydrogen-bond donors (Lipinski definition) is 0. The molecule has 1 heterocycles. The number of likely N-dealkylation sites (N-methyl/N-ethyl adjacent to an activating group) is 1. The summed E-state index contributed by atoms with van der Waals surface area (Å²) in [5.41, 5.74) is 1.24. The van der Waals surface area contributed by atoms with Crippen molar-refractivity contribution in [3.63, 3.8) is 0 Å². The summed E-state index contributed by atoms with van der Waals surface area (Å²) in [5, 5.41) is 0. The van der Waals surface area contributed by atoms with E-state index < -0.39 is 9.84 Å². The van der Waals surface area contributed by atoms with Crippen LogP contribution in [0.25, 0.3) is 0 Å². The third kappa shape index (κ3) is 8.00. The summed E-state index contributed by atoms with van der Waals surface area (Å²) in [5.74, 6) is 1.54. The highest BCUT2D eigenvalue weighted by Crippen LogP contribution is 2.18. The molecule has 1 aliphatic heterocycles. The van der Waals surface area contributed by atoms with Crippen LogP contribution in [0.3, 0.4) is 0 Å². The van der Waals surface area contributed by atoms with E-state index in [0.717, 1.165) is 51.4 Å². The second-order valence-corrected chi connectivity index (χ2v) is 10.7. The zero-order chi connectivity index (χ0) is 24.6. The molecule has 0 bridgehead atoms. The SMILES string of the molecule is COc1ccc(CN2CCN(C(=O)CN(C)CCCOc3cccc(S(C)(=O)=O)c3)CC2)cc1. The molecule has 0 spiro atoms. The molecular formula is C25H35N3O5S. The van der Waals surface area contributed by atoms with Crippen molar-refractivity contribution in [2.75, 3.05) is 66.3 Å². The van der Waals surface area contributed by atoms with Crippen LogP contribution in [0.5, 0.6) is 11.5 Å². The van der Waals surface area contributed by atoms with Gasteiger partial charge in [0.25, 0.3) is 0 Å². The molecule has 0 aromatic heterocycles. The Morgan fingerprint density at radius 2 is 1.74 bits per heavy atom. The van der Waals surface area contributed by atoms with Crippen LogP contribution < -0.4 is 9.47 Å². The number of benzene rings is 2. The number of ether oxygens (including phenoxy) is 2. The second-order valence-electron chi connectivity index (χ2n) is 8.69. The van der Waals surface area contributed by atoms with Crippen LogP contribution in [-0.2, 0) is 21.2 Å². The van der Waals surface area contributed by atoms with Crippen LogP contribution in [-0.4, -0.2) is 95.3 Å². The summed E-state index contributed by atoms with van der Waals surface area (Å²) in [6.07, 6.45) is 1.92. The number of sulfone groups is 1. The summed E-state index contributed by atoms with van der Waals surface area (Å²) < 4.78 is 34.2. The molecule has 1 fully saturated rings. The van der Waals surface area contributed by atoms with Crippen LogP contribution in [0.4, 0.5) is 0 Å². The number of methoxy groups -OCH3 is 1. The number of hydrogen-bond acceptors (Lipinski definition) is 7. The van der Waals surface area contributed by atoms with Crippen LogP contribution in [0.15, 0.2) is 53.4 Å². The Morgan fingerprint density at radius 3 is 2.38 bits per heavy atom. The van der Waals surface area contributed by atoms with Crippen LogP contribution >= 0.6 is 0 Å². The summed E-state index contributed by atoms with van der Waals surface area (Å²) in [6.45, 7) is 5.63. The second kappa shape index (κ2) is 12.2. The van der Waals surface area contributed by atoms with Crippen LogP contribution in [0, 0.1) is 0 Å². The number of nitrogens with zero attached hydrogens (tertiary/aromatic N) is 3. The fourth-order valence-electron chi connectivity index (χ4n) is 3.87. The molecule has 3 rings (SSSR count). The Bertz CT molecular complexity index is 1030. The molecule has 2 aromatic carbocycles. The van der Waals surface area contributed by atoms with Crippen molar-refractivity contribution in [1.29, 1.82) is 0 Å². The maximum Gasteiger partial charge on any atom is 0.236 e. The number of carbonyl (C=O) groups is 1. The lowest BCUT2D eigenvalue weighted by molar-refractivity contribution is -0.134. The molecule has 1 saturated heterocycles. The zero-order valence-electron chi connectivity index (χ0n) is 20.3. The standard InChI is InChI=1S/C25H35N3O5S/c1-26(12-5-17-33-23-6-4-7-24(18-23)34(3,30)31)20-25(29)28-15-13-27(14-16-28)19-21-8-10-22(32-2)11-9-21/h4,6-11,18H,5,12-17,19-20H2,1-3H3. The monoisotopic (exact) mass is 489 g/mol. The van der Waals surface area contributed by atoms with Gasteiger partial charge in [0.05, 0.1) is 25.2 Å². The third-order valence-corrected chi connectivity index (χ3v) is 6.99. The van der Waals surface area contributed by atoms with Gasteiger partial charge in [0.1, 0.15) is 11.5 Å². The van der Waals surface area contributed by atoms with E-state index in [0.29, 0.717) is 18.9 Å². The molecular weight excluding hydrogens is 454 g/mol. The molecule has 9 heteroatoms. The van der Waals surface area contributed by atoms with Crippen molar-refractivity contribution in [2.45, 2.75) is 17.9 Å². The maximum absolute atomic E-state index is 12.7. The molecule has 1 aliphatic rings. The minimum absolute atomic E-state index is 0.147. The first-order valence-corrected chi connectivity index (χ1v) is 13.4. The lowest BCUT2D eigenvalue weighted by Crippen LogP contribution is -2.50. The van der Waals surface area contributed by atoms with Gasteiger partial charge in [-0.25, -0.2) is 8.42 Å². The van der Waals surface area contributed by atoms with Crippen molar-refractivity contribution < 1.29 is 22.7 Å². The van der Waals surface area contributed by atoms with E-state index in [1.165, 1.54) is 17.9 Å². The highest BCUT2D eigenvalue weighted by molar-refractivity contribution is 7.90. The van der Waals surface area contributed by atoms with Gasteiger partial charge in [-0.05, 0) is 49.4 Å². The fraction of sp³-hybridized carbons (Fsp3) is 0.480. The lowest BCUT2D eigenvalue weighted by atomic mass is 10.2. The normalized spacial score (nSPS) is 14.9. The molecule has 0 unspecified atom stereocenters. The number of piperazine rings is 1. The molecule has 0 saturated carbocycles. The quantitative estimate of drug-likeness (QED) is 0.448. The number of rotatable bonds is 11. The molecule has 0 N–H and O–H groups in total. The lowest BCUT2D eigenvalue weighted by Gasteiger charge is -2.35. The third-order valence-electron chi connectivity index (χ3n) is 5.88. The van der Waals surface area contributed by atoms with Gasteiger partial charge in [0.2, 0.25) is 5.91 Å². The van der Waals surface area contributed by atoms with E-state index in [2.05, 4.69) is 17.0 Å². The minimum Gasteiger partial charge on any atom is -0.497 e. The predicted molar refractivity (Wildman–Crippen MR) is 132 cm³/mol. The van der Waals surface area contributed by atoms with Gasteiger partial charge in [-0.2, -0.15) is 0 Å². The van der Waals surface area contributed by atoms with E-state index in [-0.39, 0.29) is 10.8 Å². The molecule has 0 aliphatic carbocycles. The zero-order valence-corrected chi connectivity index (χ0v) is 21.1. The van der Waals surface area contributed by atoms with E-state index >= 15 is 0 Å². The van der Waals surface area contributed by atoms with Crippen LogP contribution in [0.2, 0.25) is 0 Å². The van der Waals surface area contributed by atoms with Gasteiger partial charge in [0, 0.05) is 45.5 Å². The van der Waals surface area contributed by atoms with E-state index in [1.807, 2.05) is 29.0 Å². The summed E-state index contributed by atoms with van der Waals surface area (Å²) in [6, 6.07) is 14.6. The molecule has 8 nitrogen and oxygen atoms in total. The van der Waals surface area contributed by atoms with Gasteiger partial charge in [-0.3, -0.25) is 14.6 Å². The Labute approximate surface area is 203 Å². The van der Waals surface area contributed by atoms with Crippen molar-refractivity contribution in [1.82, 2.24) is 14.7 Å². The van der Waals surface area contributed by atoms with E-state index in [1.54, 1.807) is 25.3 Å². The average molecular weight is 490 g/mol. The van der Waals surface area contributed by atoms with Crippen molar-refractivity contribution in [3.8, 4) is 11.5 Å². The highest BCUT2D eigenvalue weighted by Gasteiger charge is 2.22. The smallest absolute Gasteiger partial charge is 0.236 e. The molecule has 1 amide bonds. The van der Waals surface area contributed by atoms with Gasteiger partial charge in [-0.15, -0.1) is 0 Å². The van der Waals surface area contributed by atoms with Gasteiger partial charge >= 0.3 is 0 Å². The maximum atomic E-state index is 12.7. The van der Waals surface area contributed by atoms with Gasteiger partial charge in [-0.1, -0.05) is 18.2 Å². The van der Waals surface area contributed by atoms with E-state index in [9.17, 15) is 13.2 Å². The summed E-state index contributed by atoms with van der Waals surface area (Å²) >= 11 is 0. The predicted octanol–water partition coefficient (Wildman–Crippen LogP) is 2.14. The Kier molecular flexibility index (Phi) is 9.32. The first kappa shape index (κ1) is 26.0. The fourth-order valence-corrected chi connectivity index (χ4v) is 4.53. The first-order valence-electron chi connectivity index (χ1n) is 11.5. The summed E-state index contributed by atoms with van der Waals surface area (Å²) in [7, 11) is 0.345. The van der Waals surface area contributed by atoms with Crippen molar-refractivity contribution in [2.24, 2.45) is 0 Å². The van der Waals surface area contributed by atoms with Gasteiger partial charge < -0.3 is 14.4 Å². The first-order chi connectivity index (χ1) is 16.2. The minimum atomic E-state index is -3.25. The Balaban J connectivity index is 1.33. The molecule has 0 radical (unpaired) electrons. The van der Waals surface area contributed by atoms with E-state index in [4.69, 9.17) is 9.47 Å². The number of amides is 1. The van der Waals surface area contributed by atoms with Crippen LogP contribution in [0.1, 0.15) is 12.0 Å². The Morgan fingerprint density at radius 1 is 1.03 bits per heavy atom. The molecule has 2 aromatic rings. The van der Waals surface area contributed by atoms with Crippen molar-refractivity contribution in [3.05, 3.63) is 54.1 Å².